The van der Waals surface area contributed by atoms with Crippen LogP contribution in [-0.2, 0) is 0 Å². The van der Waals surface area contributed by atoms with Gasteiger partial charge in [0.05, 0.1) is 16.7 Å². The van der Waals surface area contributed by atoms with Crippen molar-refractivity contribution >= 4 is 44.4 Å². The number of rotatable bonds is 9. The van der Waals surface area contributed by atoms with Crippen molar-refractivity contribution in [1.29, 1.82) is 0 Å². The fraction of sp³-hybridized carbons (Fsp3) is 0.0698. The van der Waals surface area contributed by atoms with E-state index in [2.05, 4.69) is 31.2 Å². The number of ether oxygens (including phenoxy) is 1. The van der Waals surface area contributed by atoms with Crippen molar-refractivity contribution in [3.8, 4) is 11.5 Å². The molecule has 4 heteroatoms. The molecule has 1 N–H and O–H groups in total. The molecule has 6 aromatic carbocycles. The van der Waals surface area contributed by atoms with Gasteiger partial charge in [-0.05, 0) is 64.1 Å². The highest BCUT2D eigenvalue weighted by Gasteiger charge is 2.13. The fourth-order valence-electron chi connectivity index (χ4n) is 5.07. The van der Waals surface area contributed by atoms with Crippen molar-refractivity contribution in [2.45, 2.75) is 13.3 Å². The van der Waals surface area contributed by atoms with Crippen LogP contribution < -0.4 is 4.74 Å². The zero-order valence-corrected chi connectivity index (χ0v) is 27.7. The molecule has 0 amide bonds. The maximum atomic E-state index is 9.52. The lowest BCUT2D eigenvalue weighted by molar-refractivity contribution is 0.317. The highest BCUT2D eigenvalue weighted by molar-refractivity contribution is 6.53. The normalized spacial score (nSPS) is 11.8. The van der Waals surface area contributed by atoms with Crippen LogP contribution in [0.25, 0.3) is 21.2 Å². The van der Waals surface area contributed by atoms with Crippen molar-refractivity contribution in [3.63, 3.8) is 0 Å². The van der Waals surface area contributed by atoms with Gasteiger partial charge in [0.2, 0.25) is 0 Å². The summed E-state index contributed by atoms with van der Waals surface area (Å²) >= 11 is 13.5. The van der Waals surface area contributed by atoms with E-state index in [0.717, 1.165) is 68.3 Å². The first-order valence-corrected chi connectivity index (χ1v) is 16.3. The molecule has 6 aromatic rings. The number of hydrogen-bond donors (Lipinski definition) is 1. The molecule has 0 radical (unpaired) electrons. The third kappa shape index (κ3) is 9.04. The van der Waals surface area contributed by atoms with Crippen molar-refractivity contribution in [2.75, 3.05) is 6.61 Å². The molecule has 0 saturated carbocycles. The van der Waals surface area contributed by atoms with Crippen LogP contribution in [0, 0.1) is 0 Å². The largest absolute Gasteiger partial charge is 0.508 e. The van der Waals surface area contributed by atoms with Crippen LogP contribution in [0.4, 0.5) is 0 Å². The summed E-state index contributed by atoms with van der Waals surface area (Å²) < 4.78 is 5.69. The van der Waals surface area contributed by atoms with Crippen molar-refractivity contribution < 1.29 is 9.84 Å². The average molecular weight is 656 g/mol. The number of benzene rings is 6. The summed E-state index contributed by atoms with van der Waals surface area (Å²) in [6.07, 6.45) is 0.997. The number of aromatic hydroxyl groups is 1. The Morgan fingerprint density at radius 2 is 0.766 bits per heavy atom. The topological polar surface area (TPSA) is 29.5 Å². The SMILES string of the molecule is CCCOc1ccc(/C(=C(\Cl)c2ccccc2)c2ccccc2)cc1.Oc1ccc(/C(=C(\Cl)c2ccccc2)c2ccccc2)cc1. The smallest absolute Gasteiger partial charge is 0.119 e. The summed E-state index contributed by atoms with van der Waals surface area (Å²) in [6.45, 7) is 2.83. The molecule has 0 aliphatic rings. The number of hydrogen-bond acceptors (Lipinski definition) is 2. The molecule has 0 aromatic heterocycles. The maximum Gasteiger partial charge on any atom is 0.119 e. The Kier molecular flexibility index (Phi) is 12.1. The lowest BCUT2D eigenvalue weighted by Gasteiger charge is -2.13. The first-order chi connectivity index (χ1) is 23.0. The minimum Gasteiger partial charge on any atom is -0.508 e. The van der Waals surface area contributed by atoms with E-state index in [1.165, 1.54) is 0 Å². The van der Waals surface area contributed by atoms with Crippen molar-refractivity contribution in [1.82, 2.24) is 0 Å². The van der Waals surface area contributed by atoms with E-state index >= 15 is 0 Å². The zero-order valence-electron chi connectivity index (χ0n) is 26.2. The summed E-state index contributed by atoms with van der Waals surface area (Å²) in [6, 6.07) is 55.5. The molecular weight excluding hydrogens is 619 g/mol. The molecule has 0 heterocycles. The van der Waals surface area contributed by atoms with Crippen LogP contribution in [0.3, 0.4) is 0 Å². The molecule has 0 unspecified atom stereocenters. The van der Waals surface area contributed by atoms with E-state index in [-0.39, 0.29) is 5.75 Å². The number of halogens is 2. The van der Waals surface area contributed by atoms with E-state index in [4.69, 9.17) is 27.9 Å². The van der Waals surface area contributed by atoms with Crippen molar-refractivity contribution in [3.05, 3.63) is 203 Å². The van der Waals surface area contributed by atoms with E-state index in [9.17, 15) is 5.11 Å². The molecule has 47 heavy (non-hydrogen) atoms. The Morgan fingerprint density at radius 1 is 0.447 bits per heavy atom. The van der Waals surface area contributed by atoms with Gasteiger partial charge in [0.25, 0.3) is 0 Å². The molecule has 0 bridgehead atoms. The van der Waals surface area contributed by atoms with Crippen molar-refractivity contribution in [2.24, 2.45) is 0 Å². The second-order valence-electron chi connectivity index (χ2n) is 10.8. The Balaban J connectivity index is 0.000000186. The fourth-order valence-corrected chi connectivity index (χ4v) is 5.76. The van der Waals surface area contributed by atoms with Gasteiger partial charge in [0.15, 0.2) is 0 Å². The quantitative estimate of drug-likeness (QED) is 0.157. The molecule has 0 spiro atoms. The Morgan fingerprint density at radius 3 is 1.13 bits per heavy atom. The van der Waals surface area contributed by atoms with Crippen LogP contribution in [-0.4, -0.2) is 11.7 Å². The Hall–Kier alpha value is -5.02. The van der Waals surface area contributed by atoms with Gasteiger partial charge in [-0.15, -0.1) is 0 Å². The maximum absolute atomic E-state index is 9.52. The standard InChI is InChI=1S/C23H21ClO.C20H15ClO/c1-2-17-25-21-15-13-19(14-16-21)22(18-9-5-3-6-10-18)23(24)20-11-7-4-8-12-20;21-20(17-9-5-2-6-10-17)19(15-7-3-1-4-8-15)16-11-13-18(22)14-12-16/h3-16H,2,17H2,1H3;1-14,22H/b23-22-;20-19-. The third-order valence-electron chi connectivity index (χ3n) is 7.39. The summed E-state index contributed by atoms with van der Waals surface area (Å²) in [5.41, 5.74) is 8.14. The monoisotopic (exact) mass is 654 g/mol. The van der Waals surface area contributed by atoms with Gasteiger partial charge < -0.3 is 9.84 Å². The summed E-state index contributed by atoms with van der Waals surface area (Å²) in [5, 5.41) is 11.0. The van der Waals surface area contributed by atoms with E-state index in [1.54, 1.807) is 12.1 Å². The van der Waals surface area contributed by atoms with Crippen LogP contribution in [0.2, 0.25) is 0 Å². The highest BCUT2D eigenvalue weighted by Crippen LogP contribution is 2.36. The molecule has 0 fully saturated rings. The second kappa shape index (κ2) is 17.1. The Labute approximate surface area is 287 Å². The van der Waals surface area contributed by atoms with E-state index in [1.807, 2.05) is 133 Å². The van der Waals surface area contributed by atoms with Crippen LogP contribution in [0.5, 0.6) is 11.5 Å². The first-order valence-electron chi connectivity index (χ1n) is 15.6. The highest BCUT2D eigenvalue weighted by atomic mass is 35.5. The lowest BCUT2D eigenvalue weighted by atomic mass is 9.95. The van der Waals surface area contributed by atoms with Gasteiger partial charge in [0, 0.05) is 11.1 Å². The summed E-state index contributed by atoms with van der Waals surface area (Å²) in [4.78, 5) is 0. The van der Waals surface area contributed by atoms with Gasteiger partial charge in [-0.1, -0.05) is 176 Å². The molecule has 0 aliphatic heterocycles. The lowest BCUT2D eigenvalue weighted by Crippen LogP contribution is -1.96. The minimum absolute atomic E-state index is 0.243. The predicted molar refractivity (Wildman–Crippen MR) is 200 cm³/mol. The number of phenols is 1. The summed E-state index contributed by atoms with van der Waals surface area (Å²) in [7, 11) is 0. The number of phenolic OH excluding ortho intramolecular Hbond substituents is 1. The van der Waals surface area contributed by atoms with Crippen LogP contribution in [0.15, 0.2) is 170 Å². The molecule has 0 aliphatic carbocycles. The zero-order chi connectivity index (χ0) is 32.8. The average Bonchev–Trinajstić information content (AvgIpc) is 3.14. The molecule has 6 rings (SSSR count). The predicted octanol–water partition coefficient (Wildman–Crippen LogP) is 12.2. The Bertz CT molecular complexity index is 1880. The second-order valence-corrected chi connectivity index (χ2v) is 11.5. The molecule has 0 atom stereocenters. The van der Waals surface area contributed by atoms with Gasteiger partial charge in [-0.25, -0.2) is 0 Å². The van der Waals surface area contributed by atoms with Gasteiger partial charge in [-0.2, -0.15) is 0 Å². The molecule has 2 nitrogen and oxygen atoms in total. The molecule has 234 valence electrons. The minimum atomic E-state index is 0.243. The van der Waals surface area contributed by atoms with Crippen LogP contribution in [0.1, 0.15) is 46.7 Å². The van der Waals surface area contributed by atoms with E-state index < -0.39 is 0 Å². The van der Waals surface area contributed by atoms with Gasteiger partial charge >= 0.3 is 0 Å². The molecular formula is C43H36Cl2O2. The summed E-state index contributed by atoms with van der Waals surface area (Å²) in [5.74, 6) is 1.13. The van der Waals surface area contributed by atoms with Crippen LogP contribution >= 0.6 is 23.2 Å². The molecule has 0 saturated heterocycles. The van der Waals surface area contributed by atoms with Gasteiger partial charge in [-0.3, -0.25) is 0 Å². The first kappa shape index (κ1) is 33.3. The van der Waals surface area contributed by atoms with E-state index in [0.29, 0.717) is 5.03 Å². The third-order valence-corrected chi connectivity index (χ3v) is 8.20. The van der Waals surface area contributed by atoms with Gasteiger partial charge in [0.1, 0.15) is 11.5 Å².